The highest BCUT2D eigenvalue weighted by atomic mass is 32.1. The number of carbonyl (C=O) groups excluding carboxylic acids is 1. The Balaban J connectivity index is 1.34. The van der Waals surface area contributed by atoms with E-state index in [4.69, 9.17) is 4.74 Å². The lowest BCUT2D eigenvalue weighted by atomic mass is 10.1. The Labute approximate surface area is 136 Å². The number of nitrogens with one attached hydrogen (secondary N) is 2. The fraction of sp³-hybridized carbons (Fsp3) is 0.688. The molecule has 0 saturated carbocycles. The number of hydrogen-bond acceptors (Lipinski definition) is 4. The summed E-state index contributed by atoms with van der Waals surface area (Å²) in [4.78, 5) is 14.4. The third-order valence-electron chi connectivity index (χ3n) is 4.63. The van der Waals surface area contributed by atoms with Crippen LogP contribution < -0.4 is 10.6 Å². The van der Waals surface area contributed by atoms with Gasteiger partial charge in [0.15, 0.2) is 0 Å². The molecule has 0 bridgehead atoms. The summed E-state index contributed by atoms with van der Waals surface area (Å²) < 4.78 is 5.84. The van der Waals surface area contributed by atoms with Crippen molar-refractivity contribution in [3.05, 3.63) is 22.4 Å². The van der Waals surface area contributed by atoms with Crippen molar-refractivity contribution in [1.29, 1.82) is 0 Å². The molecule has 3 unspecified atom stereocenters. The van der Waals surface area contributed by atoms with Gasteiger partial charge in [-0.3, -0.25) is 4.90 Å². The molecule has 5 nitrogen and oxygen atoms in total. The smallest absolute Gasteiger partial charge is 0.314 e. The van der Waals surface area contributed by atoms with Crippen LogP contribution in [0.1, 0.15) is 31.2 Å². The minimum atomic E-state index is -0.103. The van der Waals surface area contributed by atoms with Crippen molar-refractivity contribution in [2.24, 2.45) is 0 Å². The topological polar surface area (TPSA) is 53.6 Å². The van der Waals surface area contributed by atoms with Gasteiger partial charge in [-0.1, -0.05) is 6.92 Å². The van der Waals surface area contributed by atoms with Crippen LogP contribution in [0.4, 0.5) is 4.79 Å². The van der Waals surface area contributed by atoms with Crippen molar-refractivity contribution < 1.29 is 9.53 Å². The number of hydrogen-bond donors (Lipinski definition) is 2. The Morgan fingerprint density at radius 3 is 3.27 bits per heavy atom. The maximum atomic E-state index is 11.9. The molecule has 2 fully saturated rings. The number of morpholine rings is 1. The summed E-state index contributed by atoms with van der Waals surface area (Å²) in [6.45, 7) is 6.29. The van der Waals surface area contributed by atoms with Gasteiger partial charge in [-0.15, -0.1) is 0 Å². The predicted octanol–water partition coefficient (Wildman–Crippen LogP) is 2.01. The monoisotopic (exact) mass is 323 g/mol. The van der Waals surface area contributed by atoms with Gasteiger partial charge >= 0.3 is 6.03 Å². The molecule has 2 amide bonds. The molecule has 3 atom stereocenters. The molecule has 2 aliphatic rings. The van der Waals surface area contributed by atoms with E-state index in [1.807, 2.05) is 0 Å². The Morgan fingerprint density at radius 1 is 1.55 bits per heavy atom. The molecular weight excluding hydrogens is 298 g/mol. The molecule has 3 heterocycles. The number of ether oxygens (including phenoxy) is 1. The number of thiophene rings is 1. The number of nitrogens with zero attached hydrogens (tertiary/aromatic N) is 1. The van der Waals surface area contributed by atoms with Crippen molar-refractivity contribution in [1.82, 2.24) is 15.5 Å². The lowest BCUT2D eigenvalue weighted by molar-refractivity contribution is -0.0457. The second-order valence-corrected chi connectivity index (χ2v) is 7.08. The zero-order chi connectivity index (χ0) is 15.4. The van der Waals surface area contributed by atoms with Crippen LogP contribution in [0.25, 0.3) is 0 Å². The van der Waals surface area contributed by atoms with E-state index in [0.717, 1.165) is 13.2 Å². The molecule has 1 aromatic rings. The van der Waals surface area contributed by atoms with Gasteiger partial charge in [0.25, 0.3) is 0 Å². The van der Waals surface area contributed by atoms with Crippen LogP contribution >= 0.6 is 11.3 Å². The SMILES string of the molecule is CC(CNC(=O)NCC1CN2CCCC2CO1)c1ccsc1. The van der Waals surface area contributed by atoms with E-state index in [0.29, 0.717) is 25.0 Å². The van der Waals surface area contributed by atoms with Crippen LogP contribution in [0.5, 0.6) is 0 Å². The van der Waals surface area contributed by atoms with Gasteiger partial charge in [-0.05, 0) is 47.7 Å². The zero-order valence-electron chi connectivity index (χ0n) is 13.1. The molecule has 122 valence electrons. The molecule has 0 radical (unpaired) electrons. The number of rotatable bonds is 5. The van der Waals surface area contributed by atoms with Crippen molar-refractivity contribution in [2.75, 3.05) is 32.8 Å². The molecule has 3 rings (SSSR count). The summed E-state index contributed by atoms with van der Waals surface area (Å²) in [5.74, 6) is 0.341. The van der Waals surface area contributed by atoms with Crippen LogP contribution in [0.15, 0.2) is 16.8 Å². The molecule has 22 heavy (non-hydrogen) atoms. The van der Waals surface area contributed by atoms with E-state index < -0.39 is 0 Å². The quantitative estimate of drug-likeness (QED) is 0.871. The van der Waals surface area contributed by atoms with Crippen molar-refractivity contribution in [3.63, 3.8) is 0 Å². The summed E-state index contributed by atoms with van der Waals surface area (Å²) in [5.41, 5.74) is 1.28. The minimum absolute atomic E-state index is 0.103. The van der Waals surface area contributed by atoms with E-state index in [1.165, 1.54) is 24.9 Å². The molecule has 0 aromatic carbocycles. The van der Waals surface area contributed by atoms with Crippen LogP contribution in [0.3, 0.4) is 0 Å². The minimum Gasteiger partial charge on any atom is -0.373 e. The first-order valence-corrected chi connectivity index (χ1v) is 9.06. The summed E-state index contributed by atoms with van der Waals surface area (Å²) in [6, 6.07) is 2.61. The molecular formula is C16H25N3O2S. The molecule has 2 saturated heterocycles. The number of carbonyl (C=O) groups is 1. The molecule has 1 aromatic heterocycles. The number of fused-ring (bicyclic) bond motifs is 1. The average molecular weight is 323 g/mol. The highest BCUT2D eigenvalue weighted by Gasteiger charge is 2.32. The standard InChI is InChI=1S/C16H25N3O2S/c1-12(13-4-6-22-11-13)7-17-16(20)18-8-15-9-19-5-2-3-14(19)10-21-15/h4,6,11-12,14-15H,2-3,5,7-10H2,1H3,(H2,17,18,20). The third kappa shape index (κ3) is 4.00. The first-order chi connectivity index (χ1) is 10.7. The van der Waals surface area contributed by atoms with Gasteiger partial charge in [0, 0.05) is 25.7 Å². The average Bonchev–Trinajstić information content (AvgIpc) is 3.20. The van der Waals surface area contributed by atoms with E-state index in [2.05, 4.69) is 39.3 Å². The van der Waals surface area contributed by atoms with E-state index in [1.54, 1.807) is 11.3 Å². The largest absolute Gasteiger partial charge is 0.373 e. The number of amides is 2. The van der Waals surface area contributed by atoms with E-state index in [-0.39, 0.29) is 12.1 Å². The van der Waals surface area contributed by atoms with E-state index >= 15 is 0 Å². The van der Waals surface area contributed by atoms with Crippen LogP contribution in [-0.2, 0) is 4.74 Å². The first kappa shape index (κ1) is 15.8. The van der Waals surface area contributed by atoms with Crippen molar-refractivity contribution >= 4 is 17.4 Å². The Kier molecular flexibility index (Phi) is 5.33. The predicted molar refractivity (Wildman–Crippen MR) is 88.5 cm³/mol. The van der Waals surface area contributed by atoms with Gasteiger partial charge in [0.1, 0.15) is 0 Å². The molecule has 0 aliphatic carbocycles. The van der Waals surface area contributed by atoms with Gasteiger partial charge in [0.2, 0.25) is 0 Å². The van der Waals surface area contributed by atoms with Gasteiger partial charge < -0.3 is 15.4 Å². The Hall–Kier alpha value is -1.11. The highest BCUT2D eigenvalue weighted by Crippen LogP contribution is 2.22. The van der Waals surface area contributed by atoms with Gasteiger partial charge in [0.05, 0.1) is 12.7 Å². The third-order valence-corrected chi connectivity index (χ3v) is 5.33. The lowest BCUT2D eigenvalue weighted by Crippen LogP contribution is -2.51. The molecule has 2 aliphatic heterocycles. The lowest BCUT2D eigenvalue weighted by Gasteiger charge is -2.35. The fourth-order valence-electron chi connectivity index (χ4n) is 3.20. The Bertz CT molecular complexity index is 480. The van der Waals surface area contributed by atoms with Crippen molar-refractivity contribution in [2.45, 2.75) is 37.8 Å². The maximum Gasteiger partial charge on any atom is 0.314 e. The Morgan fingerprint density at radius 2 is 2.45 bits per heavy atom. The van der Waals surface area contributed by atoms with Crippen LogP contribution in [0.2, 0.25) is 0 Å². The first-order valence-electron chi connectivity index (χ1n) is 8.12. The second kappa shape index (κ2) is 7.44. The van der Waals surface area contributed by atoms with Crippen LogP contribution in [-0.4, -0.2) is 55.9 Å². The summed E-state index contributed by atoms with van der Waals surface area (Å²) >= 11 is 1.69. The number of urea groups is 1. The van der Waals surface area contributed by atoms with Crippen molar-refractivity contribution in [3.8, 4) is 0 Å². The van der Waals surface area contributed by atoms with Crippen LogP contribution in [0, 0.1) is 0 Å². The summed E-state index contributed by atoms with van der Waals surface area (Å²) in [7, 11) is 0. The van der Waals surface area contributed by atoms with Gasteiger partial charge in [-0.2, -0.15) is 11.3 Å². The van der Waals surface area contributed by atoms with Gasteiger partial charge in [-0.25, -0.2) is 4.79 Å². The molecule has 0 spiro atoms. The maximum absolute atomic E-state index is 11.9. The second-order valence-electron chi connectivity index (χ2n) is 6.29. The summed E-state index contributed by atoms with van der Waals surface area (Å²) in [5, 5.41) is 10.1. The summed E-state index contributed by atoms with van der Waals surface area (Å²) in [6.07, 6.45) is 2.64. The zero-order valence-corrected chi connectivity index (χ0v) is 13.9. The molecule has 2 N–H and O–H groups in total. The fourth-order valence-corrected chi connectivity index (χ4v) is 3.98. The van der Waals surface area contributed by atoms with E-state index in [9.17, 15) is 4.79 Å². The normalized spacial score (nSPS) is 26.4. The highest BCUT2D eigenvalue weighted by molar-refractivity contribution is 7.07. The molecule has 6 heteroatoms.